The molecule has 0 spiro atoms. The number of ketones is 1. The Morgan fingerprint density at radius 3 is 2.81 bits per heavy atom. The zero-order valence-corrected chi connectivity index (χ0v) is 16.1. The van der Waals surface area contributed by atoms with Gasteiger partial charge in [0.25, 0.3) is 0 Å². The Kier molecular flexibility index (Phi) is 5.81. The van der Waals surface area contributed by atoms with Crippen molar-refractivity contribution in [2.45, 2.75) is 6.54 Å². The predicted octanol–water partition coefficient (Wildman–Crippen LogP) is 3.70. The van der Waals surface area contributed by atoms with Crippen molar-refractivity contribution in [1.82, 2.24) is 14.7 Å². The van der Waals surface area contributed by atoms with E-state index in [0.29, 0.717) is 27.3 Å². The third-order valence-corrected chi connectivity index (χ3v) is 5.10. The first-order valence-electron chi connectivity index (χ1n) is 6.26. The maximum atomic E-state index is 12.7. The second-order valence-electron chi connectivity index (χ2n) is 4.83. The number of likely N-dealkylation sites (N-methyl/N-ethyl adjacent to an activating group) is 1. The molecule has 0 atom stereocenters. The molecule has 2 aromatic rings. The second-order valence-corrected chi connectivity index (χ2v) is 7.25. The van der Waals surface area contributed by atoms with Crippen LogP contribution in [0.4, 0.5) is 0 Å². The summed E-state index contributed by atoms with van der Waals surface area (Å²) in [5.41, 5.74) is 1.11. The van der Waals surface area contributed by atoms with Crippen LogP contribution in [-0.4, -0.2) is 41.1 Å². The minimum absolute atomic E-state index is 0.0866. The number of rotatable bonds is 5. The Morgan fingerprint density at radius 1 is 1.48 bits per heavy atom. The topological polar surface area (TPSA) is 38.1 Å². The molecule has 0 aliphatic heterocycles. The summed E-state index contributed by atoms with van der Waals surface area (Å²) < 4.78 is 3.34. The first-order chi connectivity index (χ1) is 9.90. The van der Waals surface area contributed by atoms with E-state index >= 15 is 0 Å². The fourth-order valence-corrected chi connectivity index (χ4v) is 2.82. The summed E-state index contributed by atoms with van der Waals surface area (Å²) in [5.74, 6) is -0.0866. The Balaban J connectivity index is 2.34. The lowest BCUT2D eigenvalue weighted by molar-refractivity contribution is 0.102. The number of hydrogen-bond acceptors (Lipinski definition) is 3. The van der Waals surface area contributed by atoms with Gasteiger partial charge < -0.3 is 4.90 Å². The van der Waals surface area contributed by atoms with Crippen molar-refractivity contribution in [2.75, 3.05) is 20.6 Å². The zero-order valence-electron chi connectivity index (χ0n) is 11.6. The molecule has 0 unspecified atom stereocenters. The van der Waals surface area contributed by atoms with Crippen molar-refractivity contribution in [3.63, 3.8) is 0 Å². The normalized spacial score (nSPS) is 11.1. The molecule has 112 valence electrons. The zero-order chi connectivity index (χ0) is 15.6. The highest BCUT2D eigenvalue weighted by atomic mass is 127. The molecule has 21 heavy (non-hydrogen) atoms. The highest BCUT2D eigenvalue weighted by Crippen LogP contribution is 2.24. The lowest BCUT2D eigenvalue weighted by Crippen LogP contribution is -2.21. The summed E-state index contributed by atoms with van der Waals surface area (Å²) >= 11 is 11.6. The smallest absolute Gasteiger partial charge is 0.212 e. The van der Waals surface area contributed by atoms with E-state index in [1.165, 1.54) is 0 Å². The van der Waals surface area contributed by atoms with Crippen LogP contribution in [0.25, 0.3) is 0 Å². The third-order valence-electron chi connectivity index (χ3n) is 2.95. The van der Waals surface area contributed by atoms with Crippen molar-refractivity contribution in [3.05, 3.63) is 48.7 Å². The molecule has 0 saturated carbocycles. The Hall–Kier alpha value is -0.440. The molecule has 1 aromatic carbocycles. The second kappa shape index (κ2) is 7.21. The van der Waals surface area contributed by atoms with E-state index in [4.69, 9.17) is 11.6 Å². The summed E-state index contributed by atoms with van der Waals surface area (Å²) in [7, 11) is 3.97. The Bertz CT molecular complexity index is 672. The molecule has 0 aliphatic carbocycles. The lowest BCUT2D eigenvalue weighted by atomic mass is 10.1. The van der Waals surface area contributed by atoms with E-state index in [1.54, 1.807) is 23.0 Å². The quantitative estimate of drug-likeness (QED) is 0.482. The van der Waals surface area contributed by atoms with Crippen LogP contribution in [0.15, 0.2) is 28.9 Å². The summed E-state index contributed by atoms with van der Waals surface area (Å²) in [5, 5.41) is 4.84. The van der Waals surface area contributed by atoms with Crippen LogP contribution < -0.4 is 0 Å². The first kappa shape index (κ1) is 16.9. The van der Waals surface area contributed by atoms with Gasteiger partial charge >= 0.3 is 0 Å². The van der Waals surface area contributed by atoms with Gasteiger partial charge in [0.2, 0.25) is 5.78 Å². The molecule has 0 radical (unpaired) electrons. The van der Waals surface area contributed by atoms with Crippen molar-refractivity contribution in [2.24, 2.45) is 0 Å². The van der Waals surface area contributed by atoms with Crippen LogP contribution in [0.2, 0.25) is 5.02 Å². The molecule has 0 N–H and O–H groups in total. The van der Waals surface area contributed by atoms with E-state index in [9.17, 15) is 4.79 Å². The highest BCUT2D eigenvalue weighted by molar-refractivity contribution is 14.1. The number of benzene rings is 1. The van der Waals surface area contributed by atoms with Gasteiger partial charge in [-0.25, -0.2) is 0 Å². The molecule has 0 bridgehead atoms. The molecule has 1 aromatic heterocycles. The van der Waals surface area contributed by atoms with Gasteiger partial charge in [-0.05, 0) is 70.8 Å². The fourth-order valence-electron chi connectivity index (χ4n) is 1.83. The van der Waals surface area contributed by atoms with E-state index in [1.807, 2.05) is 25.1 Å². The molecular formula is C14H14BrClIN3O. The van der Waals surface area contributed by atoms with E-state index < -0.39 is 0 Å². The van der Waals surface area contributed by atoms with Gasteiger partial charge in [-0.1, -0.05) is 11.6 Å². The average Bonchev–Trinajstić information content (AvgIpc) is 2.80. The van der Waals surface area contributed by atoms with Gasteiger partial charge in [0.15, 0.2) is 0 Å². The Morgan fingerprint density at radius 2 is 2.19 bits per heavy atom. The molecule has 0 aliphatic rings. The van der Waals surface area contributed by atoms with Gasteiger partial charge in [-0.3, -0.25) is 9.48 Å². The molecule has 0 fully saturated rings. The van der Waals surface area contributed by atoms with Crippen molar-refractivity contribution >= 4 is 55.9 Å². The molecule has 1 heterocycles. The van der Waals surface area contributed by atoms with Gasteiger partial charge in [-0.2, -0.15) is 5.10 Å². The van der Waals surface area contributed by atoms with Gasteiger partial charge in [0.05, 0.1) is 22.2 Å². The average molecular weight is 483 g/mol. The van der Waals surface area contributed by atoms with Crippen molar-refractivity contribution in [1.29, 1.82) is 0 Å². The van der Waals surface area contributed by atoms with Crippen LogP contribution in [0.1, 0.15) is 16.1 Å². The summed E-state index contributed by atoms with van der Waals surface area (Å²) in [4.78, 5) is 14.7. The van der Waals surface area contributed by atoms with E-state index in [0.717, 1.165) is 10.1 Å². The monoisotopic (exact) mass is 481 g/mol. The molecule has 7 heteroatoms. The maximum Gasteiger partial charge on any atom is 0.212 e. The van der Waals surface area contributed by atoms with Crippen LogP contribution in [0.5, 0.6) is 0 Å². The number of halogens is 3. The predicted molar refractivity (Wildman–Crippen MR) is 96.1 cm³/mol. The summed E-state index contributed by atoms with van der Waals surface area (Å²) in [6.07, 6.45) is 1.65. The molecular weight excluding hydrogens is 468 g/mol. The molecule has 0 saturated heterocycles. The van der Waals surface area contributed by atoms with Crippen LogP contribution in [-0.2, 0) is 6.54 Å². The maximum absolute atomic E-state index is 12.7. The molecule has 2 rings (SSSR count). The van der Waals surface area contributed by atoms with Gasteiger partial charge in [0, 0.05) is 15.7 Å². The van der Waals surface area contributed by atoms with Crippen LogP contribution in [0.3, 0.4) is 0 Å². The van der Waals surface area contributed by atoms with E-state index in [-0.39, 0.29) is 5.78 Å². The number of nitrogens with zero attached hydrogens (tertiary/aromatic N) is 3. The van der Waals surface area contributed by atoms with Crippen molar-refractivity contribution < 1.29 is 4.79 Å². The third kappa shape index (κ3) is 4.06. The molecule has 0 amide bonds. The summed E-state index contributed by atoms with van der Waals surface area (Å²) in [6.45, 7) is 1.46. The van der Waals surface area contributed by atoms with Gasteiger partial charge in [-0.15, -0.1) is 0 Å². The number of carbonyl (C=O) groups is 1. The first-order valence-corrected chi connectivity index (χ1v) is 8.51. The minimum atomic E-state index is -0.0866. The standard InChI is InChI=1S/C14H14BrClIN3O/c1-19(2)5-6-20-13(10(15)8-18-20)14(21)9-3-4-12(17)11(16)7-9/h3-4,7-8H,5-6H2,1-2H3. The minimum Gasteiger partial charge on any atom is -0.308 e. The lowest BCUT2D eigenvalue weighted by Gasteiger charge is -2.12. The summed E-state index contributed by atoms with van der Waals surface area (Å²) in [6, 6.07) is 5.32. The fraction of sp³-hybridized carbons (Fsp3) is 0.286. The SMILES string of the molecule is CN(C)CCn1ncc(Br)c1C(=O)c1ccc(I)c(Cl)c1. The van der Waals surface area contributed by atoms with Crippen LogP contribution in [0, 0.1) is 3.57 Å². The largest absolute Gasteiger partial charge is 0.308 e. The number of aromatic nitrogens is 2. The van der Waals surface area contributed by atoms with Crippen molar-refractivity contribution in [3.8, 4) is 0 Å². The molecule has 4 nitrogen and oxygen atoms in total. The number of hydrogen-bond donors (Lipinski definition) is 0. The number of carbonyl (C=O) groups excluding carboxylic acids is 1. The van der Waals surface area contributed by atoms with Crippen LogP contribution >= 0.6 is 50.1 Å². The Labute approximate surface area is 150 Å². The van der Waals surface area contributed by atoms with Gasteiger partial charge in [0.1, 0.15) is 5.69 Å². The highest BCUT2D eigenvalue weighted by Gasteiger charge is 2.19. The van der Waals surface area contributed by atoms with E-state index in [2.05, 4.69) is 43.6 Å².